The number of nitrogens with zero attached hydrogens (tertiary/aromatic N) is 1. The van der Waals surface area contributed by atoms with Crippen LogP contribution in [0.15, 0.2) is 35.1 Å². The Morgan fingerprint density at radius 1 is 1.11 bits per heavy atom. The average molecular weight is 319 g/mol. The second-order valence-electron chi connectivity index (χ2n) is 5.06. The van der Waals surface area contributed by atoms with Gasteiger partial charge in [-0.3, -0.25) is 0 Å². The van der Waals surface area contributed by atoms with E-state index in [1.54, 1.807) is 0 Å². The van der Waals surface area contributed by atoms with Crippen molar-refractivity contribution in [2.24, 2.45) is 0 Å². The Hall–Kier alpha value is -1.35. The summed E-state index contributed by atoms with van der Waals surface area (Å²) in [7, 11) is 0. The third kappa shape index (κ3) is 3.35. The summed E-state index contributed by atoms with van der Waals surface area (Å²) in [6.07, 6.45) is 1.86. The highest BCUT2D eigenvalue weighted by Crippen LogP contribution is 2.24. The van der Waals surface area contributed by atoms with E-state index < -0.39 is 0 Å². The van der Waals surface area contributed by atoms with Gasteiger partial charge >= 0.3 is 0 Å². The predicted molar refractivity (Wildman–Crippen MR) is 84.6 cm³/mol. The van der Waals surface area contributed by atoms with Crippen LogP contribution in [0.1, 0.15) is 35.2 Å². The van der Waals surface area contributed by atoms with E-state index >= 15 is 0 Å². The summed E-state index contributed by atoms with van der Waals surface area (Å²) in [5.41, 5.74) is 6.13. The van der Waals surface area contributed by atoms with Crippen molar-refractivity contribution in [1.29, 1.82) is 0 Å². The topological polar surface area (TPSA) is 24.9 Å². The Labute approximate surface area is 123 Å². The first kappa shape index (κ1) is 14.1. The molecule has 0 radical (unpaired) electrons. The summed E-state index contributed by atoms with van der Waals surface area (Å²) >= 11 is 3.42. The number of hydrogen-bond acceptors (Lipinski definition) is 2. The molecule has 0 bridgehead atoms. The first-order valence-electron chi connectivity index (χ1n) is 6.43. The lowest BCUT2D eigenvalue weighted by Gasteiger charge is -2.18. The lowest BCUT2D eigenvalue weighted by atomic mass is 10.00. The molecule has 1 atom stereocenters. The number of hydrogen-bond donors (Lipinski definition) is 1. The van der Waals surface area contributed by atoms with Gasteiger partial charge in [0.1, 0.15) is 4.60 Å². The molecule has 2 aromatic rings. The molecule has 19 heavy (non-hydrogen) atoms. The van der Waals surface area contributed by atoms with E-state index in [1.807, 2.05) is 13.1 Å². The van der Waals surface area contributed by atoms with Crippen molar-refractivity contribution < 1.29 is 0 Å². The van der Waals surface area contributed by atoms with Crippen LogP contribution in [0.25, 0.3) is 0 Å². The molecule has 0 fully saturated rings. The predicted octanol–water partition coefficient (Wildman–Crippen LogP) is 4.94. The second kappa shape index (κ2) is 5.74. The van der Waals surface area contributed by atoms with E-state index in [0.717, 1.165) is 15.9 Å². The molecule has 3 heteroatoms. The zero-order valence-electron chi connectivity index (χ0n) is 11.8. The maximum Gasteiger partial charge on any atom is 0.109 e. The van der Waals surface area contributed by atoms with Crippen molar-refractivity contribution in [3.05, 3.63) is 57.3 Å². The van der Waals surface area contributed by atoms with Gasteiger partial charge in [0.05, 0.1) is 11.9 Å². The van der Waals surface area contributed by atoms with Crippen molar-refractivity contribution in [3.8, 4) is 0 Å². The van der Waals surface area contributed by atoms with E-state index in [1.165, 1.54) is 16.7 Å². The molecule has 1 aromatic heterocycles. The molecular formula is C16H19BrN2. The SMILES string of the molecule is Cc1ccc(C(C)Nc2cnc(Br)c(C)c2)c(C)c1. The summed E-state index contributed by atoms with van der Waals surface area (Å²) < 4.78 is 0.900. The van der Waals surface area contributed by atoms with Crippen LogP contribution < -0.4 is 5.32 Å². The van der Waals surface area contributed by atoms with Crippen molar-refractivity contribution in [2.45, 2.75) is 33.7 Å². The smallest absolute Gasteiger partial charge is 0.109 e. The quantitative estimate of drug-likeness (QED) is 0.810. The van der Waals surface area contributed by atoms with Crippen LogP contribution in [0.5, 0.6) is 0 Å². The Bertz CT molecular complexity index is 593. The highest BCUT2D eigenvalue weighted by Gasteiger charge is 2.09. The van der Waals surface area contributed by atoms with Gasteiger partial charge in [0.2, 0.25) is 0 Å². The molecule has 1 heterocycles. The minimum atomic E-state index is 0.267. The van der Waals surface area contributed by atoms with Gasteiger partial charge in [0.25, 0.3) is 0 Å². The van der Waals surface area contributed by atoms with Crippen LogP contribution in [-0.2, 0) is 0 Å². The number of pyridine rings is 1. The largest absolute Gasteiger partial charge is 0.377 e. The summed E-state index contributed by atoms with van der Waals surface area (Å²) in [4.78, 5) is 4.32. The molecule has 0 aliphatic heterocycles. The zero-order valence-corrected chi connectivity index (χ0v) is 13.4. The number of anilines is 1. The normalized spacial score (nSPS) is 12.3. The first-order chi connectivity index (χ1) is 8.97. The van der Waals surface area contributed by atoms with E-state index in [-0.39, 0.29) is 6.04 Å². The first-order valence-corrected chi connectivity index (χ1v) is 7.22. The third-order valence-corrected chi connectivity index (χ3v) is 4.12. The van der Waals surface area contributed by atoms with Gasteiger partial charge in [-0.15, -0.1) is 0 Å². The van der Waals surface area contributed by atoms with Crippen molar-refractivity contribution in [1.82, 2.24) is 4.98 Å². The number of halogens is 1. The molecule has 0 saturated heterocycles. The summed E-state index contributed by atoms with van der Waals surface area (Å²) in [5, 5.41) is 3.50. The van der Waals surface area contributed by atoms with E-state index in [0.29, 0.717) is 0 Å². The highest BCUT2D eigenvalue weighted by atomic mass is 79.9. The van der Waals surface area contributed by atoms with Gasteiger partial charge in [-0.05, 0) is 66.4 Å². The second-order valence-corrected chi connectivity index (χ2v) is 5.81. The van der Waals surface area contributed by atoms with E-state index in [9.17, 15) is 0 Å². The molecule has 0 aliphatic rings. The number of aromatic nitrogens is 1. The molecule has 0 spiro atoms. The van der Waals surface area contributed by atoms with Crippen LogP contribution in [0.4, 0.5) is 5.69 Å². The number of aryl methyl sites for hydroxylation is 3. The molecule has 0 saturated carbocycles. The molecule has 0 amide bonds. The van der Waals surface area contributed by atoms with E-state index in [4.69, 9.17) is 0 Å². The molecule has 2 rings (SSSR count). The lowest BCUT2D eigenvalue weighted by Crippen LogP contribution is -2.08. The van der Waals surface area contributed by atoms with E-state index in [2.05, 4.69) is 71.3 Å². The zero-order chi connectivity index (χ0) is 14.0. The molecule has 2 nitrogen and oxygen atoms in total. The molecule has 1 N–H and O–H groups in total. The van der Waals surface area contributed by atoms with Crippen LogP contribution >= 0.6 is 15.9 Å². The summed E-state index contributed by atoms with van der Waals surface area (Å²) in [5.74, 6) is 0. The summed E-state index contributed by atoms with van der Waals surface area (Å²) in [6, 6.07) is 8.95. The molecule has 0 aliphatic carbocycles. The maximum atomic E-state index is 4.32. The van der Waals surface area contributed by atoms with Gasteiger partial charge in [-0.25, -0.2) is 4.98 Å². The number of rotatable bonds is 3. The monoisotopic (exact) mass is 318 g/mol. The van der Waals surface area contributed by atoms with Crippen LogP contribution in [-0.4, -0.2) is 4.98 Å². The molecule has 1 unspecified atom stereocenters. The fourth-order valence-corrected chi connectivity index (χ4v) is 2.49. The van der Waals surface area contributed by atoms with Gasteiger partial charge in [-0.2, -0.15) is 0 Å². The number of nitrogens with one attached hydrogen (secondary N) is 1. The Kier molecular flexibility index (Phi) is 4.25. The van der Waals surface area contributed by atoms with Gasteiger partial charge in [0.15, 0.2) is 0 Å². The molecule has 1 aromatic carbocycles. The van der Waals surface area contributed by atoms with Crippen molar-refractivity contribution in [2.75, 3.05) is 5.32 Å². The Morgan fingerprint density at radius 2 is 1.84 bits per heavy atom. The lowest BCUT2D eigenvalue weighted by molar-refractivity contribution is 0.870. The fourth-order valence-electron chi connectivity index (χ4n) is 2.28. The van der Waals surface area contributed by atoms with Gasteiger partial charge < -0.3 is 5.32 Å². The standard InChI is InChI=1S/C16H19BrN2/c1-10-5-6-15(11(2)7-10)13(4)19-14-8-12(3)16(17)18-9-14/h5-9,13,19H,1-4H3. The fraction of sp³-hybridized carbons (Fsp3) is 0.312. The third-order valence-electron chi connectivity index (χ3n) is 3.29. The molecular weight excluding hydrogens is 300 g/mol. The molecule has 100 valence electrons. The van der Waals surface area contributed by atoms with Crippen LogP contribution in [0.2, 0.25) is 0 Å². The maximum absolute atomic E-state index is 4.32. The number of benzene rings is 1. The highest BCUT2D eigenvalue weighted by molar-refractivity contribution is 9.10. The minimum absolute atomic E-state index is 0.267. The summed E-state index contributed by atoms with van der Waals surface area (Å²) in [6.45, 7) is 8.50. The van der Waals surface area contributed by atoms with Crippen LogP contribution in [0, 0.1) is 20.8 Å². The average Bonchev–Trinajstić information content (AvgIpc) is 2.33. The van der Waals surface area contributed by atoms with Crippen molar-refractivity contribution in [3.63, 3.8) is 0 Å². The van der Waals surface area contributed by atoms with Crippen molar-refractivity contribution >= 4 is 21.6 Å². The minimum Gasteiger partial charge on any atom is -0.377 e. The Morgan fingerprint density at radius 3 is 2.47 bits per heavy atom. The van der Waals surface area contributed by atoms with Gasteiger partial charge in [-0.1, -0.05) is 23.8 Å². The van der Waals surface area contributed by atoms with Crippen LogP contribution in [0.3, 0.4) is 0 Å². The Balaban J connectivity index is 2.20. The van der Waals surface area contributed by atoms with Gasteiger partial charge in [0, 0.05) is 6.04 Å².